The van der Waals surface area contributed by atoms with Crippen LogP contribution in [-0.4, -0.2) is 5.91 Å². The molecule has 84 valence electrons. The molecule has 1 unspecified atom stereocenters. The van der Waals surface area contributed by atoms with Crippen LogP contribution in [0.3, 0.4) is 0 Å². The van der Waals surface area contributed by atoms with Crippen molar-refractivity contribution in [2.24, 2.45) is 0 Å². The minimum atomic E-state index is -0.140. The third-order valence-electron chi connectivity index (χ3n) is 2.25. The first kappa shape index (κ1) is 11.4. The smallest absolute Gasteiger partial charge is 0.256 e. The molecule has 2 rings (SSSR count). The van der Waals surface area contributed by atoms with Crippen molar-refractivity contribution in [3.8, 4) is 0 Å². The average Bonchev–Trinajstić information content (AvgIpc) is 2.86. The highest BCUT2D eigenvalue weighted by atomic mass is 79.9. The number of hydrogen-bond acceptors (Lipinski definition) is 3. The molecular formula is C11H10BrNO2S. The maximum Gasteiger partial charge on any atom is 0.256 e. The van der Waals surface area contributed by atoms with Crippen molar-refractivity contribution in [3.63, 3.8) is 0 Å². The molecule has 3 nitrogen and oxygen atoms in total. The van der Waals surface area contributed by atoms with Crippen molar-refractivity contribution < 1.29 is 9.21 Å². The molecule has 1 amide bonds. The van der Waals surface area contributed by atoms with E-state index in [1.165, 1.54) is 6.26 Å². The van der Waals surface area contributed by atoms with Gasteiger partial charge < -0.3 is 9.73 Å². The third-order valence-corrected chi connectivity index (χ3v) is 3.57. The number of carbonyl (C=O) groups excluding carboxylic acids is 1. The second kappa shape index (κ2) is 4.84. The Morgan fingerprint density at radius 2 is 2.38 bits per heavy atom. The molecular weight excluding hydrogens is 290 g/mol. The van der Waals surface area contributed by atoms with Gasteiger partial charge in [0.25, 0.3) is 5.91 Å². The van der Waals surface area contributed by atoms with E-state index in [4.69, 9.17) is 4.42 Å². The summed E-state index contributed by atoms with van der Waals surface area (Å²) in [5, 5.41) is 6.92. The van der Waals surface area contributed by atoms with Crippen molar-refractivity contribution in [3.05, 3.63) is 45.0 Å². The fourth-order valence-electron chi connectivity index (χ4n) is 1.33. The minimum Gasteiger partial charge on any atom is -0.457 e. The monoisotopic (exact) mass is 299 g/mol. The molecule has 16 heavy (non-hydrogen) atoms. The van der Waals surface area contributed by atoms with Gasteiger partial charge in [0.15, 0.2) is 4.67 Å². The summed E-state index contributed by atoms with van der Waals surface area (Å²) in [6.07, 6.45) is 1.48. The molecule has 0 fully saturated rings. The van der Waals surface area contributed by atoms with Crippen LogP contribution in [-0.2, 0) is 0 Å². The fraction of sp³-hybridized carbons (Fsp3) is 0.182. The molecule has 1 atom stereocenters. The van der Waals surface area contributed by atoms with Crippen molar-refractivity contribution in [1.82, 2.24) is 5.32 Å². The van der Waals surface area contributed by atoms with Crippen LogP contribution in [0.15, 0.2) is 38.2 Å². The van der Waals surface area contributed by atoms with Gasteiger partial charge in [-0.05, 0) is 51.3 Å². The zero-order chi connectivity index (χ0) is 11.5. The fourth-order valence-corrected chi connectivity index (χ4v) is 2.51. The molecule has 0 aliphatic carbocycles. The second-order valence-electron chi connectivity index (χ2n) is 3.36. The van der Waals surface area contributed by atoms with Crippen LogP contribution in [0.5, 0.6) is 0 Å². The molecule has 0 aliphatic heterocycles. The first-order chi connectivity index (χ1) is 7.68. The van der Waals surface area contributed by atoms with Crippen molar-refractivity contribution in [2.75, 3.05) is 0 Å². The van der Waals surface area contributed by atoms with E-state index in [-0.39, 0.29) is 11.9 Å². The lowest BCUT2D eigenvalue weighted by Crippen LogP contribution is -2.26. The summed E-state index contributed by atoms with van der Waals surface area (Å²) in [6.45, 7) is 1.95. The van der Waals surface area contributed by atoms with E-state index in [0.717, 1.165) is 5.56 Å². The van der Waals surface area contributed by atoms with Gasteiger partial charge in [0.1, 0.15) is 0 Å². The van der Waals surface area contributed by atoms with E-state index in [1.54, 1.807) is 17.4 Å². The molecule has 1 N–H and O–H groups in total. The summed E-state index contributed by atoms with van der Waals surface area (Å²) in [5.41, 5.74) is 1.63. The molecule has 2 heterocycles. The number of nitrogens with one attached hydrogen (secondary N) is 1. The molecule has 0 spiro atoms. The predicted molar refractivity (Wildman–Crippen MR) is 66.6 cm³/mol. The highest BCUT2D eigenvalue weighted by molar-refractivity contribution is 9.10. The Balaban J connectivity index is 2.06. The predicted octanol–water partition coefficient (Wildman–Crippen LogP) is 3.59. The van der Waals surface area contributed by atoms with Crippen LogP contribution in [0.25, 0.3) is 0 Å². The summed E-state index contributed by atoms with van der Waals surface area (Å²) in [5.74, 6) is -0.140. The topological polar surface area (TPSA) is 42.2 Å². The third kappa shape index (κ3) is 2.36. The lowest BCUT2D eigenvalue weighted by Gasteiger charge is -2.11. The lowest BCUT2D eigenvalue weighted by atomic mass is 10.2. The Morgan fingerprint density at radius 1 is 1.56 bits per heavy atom. The number of hydrogen-bond donors (Lipinski definition) is 1. The molecule has 0 aromatic carbocycles. The minimum absolute atomic E-state index is 0.000509. The van der Waals surface area contributed by atoms with Crippen LogP contribution >= 0.6 is 27.3 Å². The van der Waals surface area contributed by atoms with Gasteiger partial charge in [0, 0.05) is 0 Å². The number of furan rings is 1. The standard InChI is InChI=1S/C11H10BrNO2S/c1-7(8-3-5-16-6-8)13-11(14)9-2-4-15-10(9)12/h2-7H,1H3,(H,13,14). The number of rotatable bonds is 3. The zero-order valence-electron chi connectivity index (χ0n) is 8.57. The highest BCUT2D eigenvalue weighted by Gasteiger charge is 2.15. The number of amides is 1. The first-order valence-electron chi connectivity index (χ1n) is 4.74. The average molecular weight is 300 g/mol. The van der Waals surface area contributed by atoms with Gasteiger partial charge >= 0.3 is 0 Å². The molecule has 0 aliphatic rings. The van der Waals surface area contributed by atoms with Crippen LogP contribution in [0.1, 0.15) is 28.9 Å². The Hall–Kier alpha value is -1.07. The van der Waals surface area contributed by atoms with Gasteiger partial charge in [0.2, 0.25) is 0 Å². The molecule has 0 bridgehead atoms. The van der Waals surface area contributed by atoms with Gasteiger partial charge in [-0.3, -0.25) is 4.79 Å². The quantitative estimate of drug-likeness (QED) is 0.941. The number of thiophene rings is 1. The summed E-state index contributed by atoms with van der Waals surface area (Å²) in [6, 6.07) is 3.64. The van der Waals surface area contributed by atoms with Gasteiger partial charge in [-0.15, -0.1) is 0 Å². The summed E-state index contributed by atoms with van der Waals surface area (Å²) in [4.78, 5) is 11.8. The molecule has 2 aromatic rings. The zero-order valence-corrected chi connectivity index (χ0v) is 11.0. The van der Waals surface area contributed by atoms with Gasteiger partial charge in [-0.2, -0.15) is 11.3 Å². The van der Waals surface area contributed by atoms with Crippen LogP contribution in [0.4, 0.5) is 0 Å². The highest BCUT2D eigenvalue weighted by Crippen LogP contribution is 2.20. The van der Waals surface area contributed by atoms with Crippen molar-refractivity contribution in [1.29, 1.82) is 0 Å². The first-order valence-corrected chi connectivity index (χ1v) is 6.48. The summed E-state index contributed by atoms with van der Waals surface area (Å²) >= 11 is 4.80. The van der Waals surface area contributed by atoms with E-state index in [0.29, 0.717) is 10.2 Å². The normalized spacial score (nSPS) is 12.4. The molecule has 5 heteroatoms. The van der Waals surface area contributed by atoms with Crippen molar-refractivity contribution >= 4 is 33.2 Å². The summed E-state index contributed by atoms with van der Waals surface area (Å²) < 4.78 is 5.48. The molecule has 2 aromatic heterocycles. The Kier molecular flexibility index (Phi) is 3.46. The Morgan fingerprint density at radius 3 is 2.94 bits per heavy atom. The second-order valence-corrected chi connectivity index (χ2v) is 4.86. The Labute approximate surface area is 106 Å². The van der Waals surface area contributed by atoms with E-state index in [1.807, 2.05) is 23.8 Å². The largest absolute Gasteiger partial charge is 0.457 e. The van der Waals surface area contributed by atoms with Crippen LogP contribution < -0.4 is 5.32 Å². The van der Waals surface area contributed by atoms with Gasteiger partial charge in [-0.25, -0.2) is 0 Å². The van der Waals surface area contributed by atoms with E-state index in [9.17, 15) is 4.79 Å². The molecule has 0 radical (unpaired) electrons. The van der Waals surface area contributed by atoms with Gasteiger partial charge in [-0.1, -0.05) is 0 Å². The van der Waals surface area contributed by atoms with Crippen LogP contribution in [0, 0.1) is 0 Å². The lowest BCUT2D eigenvalue weighted by molar-refractivity contribution is 0.0938. The van der Waals surface area contributed by atoms with E-state index in [2.05, 4.69) is 21.2 Å². The maximum atomic E-state index is 11.8. The van der Waals surface area contributed by atoms with Crippen LogP contribution in [0.2, 0.25) is 0 Å². The number of halogens is 1. The number of carbonyl (C=O) groups is 1. The SMILES string of the molecule is CC(NC(=O)c1ccoc1Br)c1ccsc1. The van der Waals surface area contributed by atoms with E-state index < -0.39 is 0 Å². The van der Waals surface area contributed by atoms with Gasteiger partial charge in [0.05, 0.1) is 17.9 Å². The van der Waals surface area contributed by atoms with E-state index >= 15 is 0 Å². The Bertz CT molecular complexity index is 478. The van der Waals surface area contributed by atoms with Crippen molar-refractivity contribution in [2.45, 2.75) is 13.0 Å². The molecule has 0 saturated heterocycles. The maximum absolute atomic E-state index is 11.8. The molecule has 0 saturated carbocycles. The summed E-state index contributed by atoms with van der Waals surface area (Å²) in [7, 11) is 0.